The maximum absolute atomic E-state index is 4.52. The average Bonchev–Trinajstić information content (AvgIpc) is 2.86. The van der Waals surface area contributed by atoms with Gasteiger partial charge in [0.25, 0.3) is 0 Å². The van der Waals surface area contributed by atoms with Gasteiger partial charge < -0.3 is 5.32 Å². The van der Waals surface area contributed by atoms with Crippen molar-refractivity contribution in [3.8, 4) is 0 Å². The second kappa shape index (κ2) is 6.66. The van der Waals surface area contributed by atoms with Crippen LogP contribution in [-0.4, -0.2) is 11.5 Å². The van der Waals surface area contributed by atoms with Crippen LogP contribution in [0.5, 0.6) is 0 Å². The number of nitrogens with zero attached hydrogens (tertiary/aromatic N) is 1. The number of hydrogen-bond acceptors (Lipinski definition) is 3. The molecule has 3 heteroatoms. The highest BCUT2D eigenvalue weighted by atomic mass is 32.1. The lowest BCUT2D eigenvalue weighted by molar-refractivity contribution is 0.502. The fourth-order valence-corrected chi connectivity index (χ4v) is 2.83. The van der Waals surface area contributed by atoms with E-state index in [4.69, 9.17) is 0 Å². The van der Waals surface area contributed by atoms with E-state index in [1.807, 2.05) is 12.3 Å². The second-order valence-electron chi connectivity index (χ2n) is 4.45. The first-order valence-electron chi connectivity index (χ1n) is 6.52. The molecular weight excluding hydrogens is 240 g/mol. The van der Waals surface area contributed by atoms with Gasteiger partial charge in [0, 0.05) is 12.2 Å². The minimum Gasteiger partial charge on any atom is -0.310 e. The van der Waals surface area contributed by atoms with Crippen molar-refractivity contribution in [3.05, 3.63) is 41.9 Å². The van der Waals surface area contributed by atoms with Gasteiger partial charge in [0.05, 0.1) is 10.2 Å². The smallest absolute Gasteiger partial charge is 0.0809 e. The summed E-state index contributed by atoms with van der Waals surface area (Å²) in [6, 6.07) is 4.73. The molecule has 1 N–H and O–H groups in total. The van der Waals surface area contributed by atoms with E-state index < -0.39 is 0 Å². The molecule has 96 valence electrons. The van der Waals surface area contributed by atoms with E-state index in [2.05, 4.69) is 41.3 Å². The summed E-state index contributed by atoms with van der Waals surface area (Å²) < 4.78 is 1.27. The third-order valence-electron chi connectivity index (χ3n) is 3.03. The summed E-state index contributed by atoms with van der Waals surface area (Å²) in [5.74, 6) is 0. The van der Waals surface area contributed by atoms with Gasteiger partial charge in [-0.3, -0.25) is 4.98 Å². The highest BCUT2D eigenvalue weighted by molar-refractivity contribution is 7.17. The summed E-state index contributed by atoms with van der Waals surface area (Å²) >= 11 is 1.76. The van der Waals surface area contributed by atoms with Gasteiger partial charge in [0.1, 0.15) is 0 Å². The van der Waals surface area contributed by atoms with Crippen molar-refractivity contribution in [3.63, 3.8) is 0 Å². The maximum atomic E-state index is 4.52. The van der Waals surface area contributed by atoms with Crippen molar-refractivity contribution in [2.24, 2.45) is 0 Å². The fourth-order valence-electron chi connectivity index (χ4n) is 2.04. The zero-order valence-corrected chi connectivity index (χ0v) is 11.7. The minimum atomic E-state index is 0.391. The quantitative estimate of drug-likeness (QED) is 0.751. The van der Waals surface area contributed by atoms with Gasteiger partial charge >= 0.3 is 0 Å². The van der Waals surface area contributed by atoms with Crippen LogP contribution in [0.25, 0.3) is 10.2 Å². The lowest BCUT2D eigenvalue weighted by Crippen LogP contribution is -2.22. The van der Waals surface area contributed by atoms with Crippen molar-refractivity contribution in [2.45, 2.75) is 32.2 Å². The summed E-state index contributed by atoms with van der Waals surface area (Å²) in [6.45, 7) is 7.05. The Morgan fingerprint density at radius 1 is 1.56 bits per heavy atom. The zero-order chi connectivity index (χ0) is 12.8. The Morgan fingerprint density at radius 3 is 3.22 bits per heavy atom. The molecule has 18 heavy (non-hydrogen) atoms. The first-order valence-corrected chi connectivity index (χ1v) is 7.40. The van der Waals surface area contributed by atoms with Crippen LogP contribution < -0.4 is 5.32 Å². The number of allylic oxidation sites excluding steroid dienone is 1. The van der Waals surface area contributed by atoms with Crippen molar-refractivity contribution in [1.82, 2.24) is 10.3 Å². The largest absolute Gasteiger partial charge is 0.310 e. The van der Waals surface area contributed by atoms with Crippen LogP contribution in [-0.2, 0) is 0 Å². The van der Waals surface area contributed by atoms with E-state index in [1.165, 1.54) is 10.3 Å². The Balaban J connectivity index is 2.18. The monoisotopic (exact) mass is 260 g/mol. The molecule has 0 bridgehead atoms. The number of hydrogen-bond donors (Lipinski definition) is 1. The van der Waals surface area contributed by atoms with E-state index >= 15 is 0 Å². The topological polar surface area (TPSA) is 24.9 Å². The number of aromatic nitrogens is 1. The summed E-state index contributed by atoms with van der Waals surface area (Å²) in [5, 5.41) is 5.69. The SMILES string of the molecule is C=CCCC(NCCC)c1cnc2ccsc2c1. The molecule has 2 heterocycles. The number of fused-ring (bicyclic) bond motifs is 1. The summed E-state index contributed by atoms with van der Waals surface area (Å²) in [6.07, 6.45) is 7.26. The molecule has 2 nitrogen and oxygen atoms in total. The van der Waals surface area contributed by atoms with Gasteiger partial charge in [-0.1, -0.05) is 13.0 Å². The second-order valence-corrected chi connectivity index (χ2v) is 5.39. The first kappa shape index (κ1) is 13.2. The highest BCUT2D eigenvalue weighted by Gasteiger charge is 2.11. The normalized spacial score (nSPS) is 12.7. The van der Waals surface area contributed by atoms with Gasteiger partial charge in [-0.05, 0) is 48.9 Å². The molecule has 0 saturated heterocycles. The number of nitrogens with one attached hydrogen (secondary N) is 1. The summed E-state index contributed by atoms with van der Waals surface area (Å²) in [5.41, 5.74) is 2.39. The maximum Gasteiger partial charge on any atom is 0.0809 e. The van der Waals surface area contributed by atoms with Gasteiger partial charge in [-0.25, -0.2) is 0 Å². The lowest BCUT2D eigenvalue weighted by atomic mass is 10.0. The number of pyridine rings is 1. The Labute approximate surface area is 113 Å². The molecule has 1 unspecified atom stereocenters. The molecule has 2 aromatic rings. The van der Waals surface area contributed by atoms with Crippen molar-refractivity contribution in [1.29, 1.82) is 0 Å². The number of rotatable bonds is 7. The molecular formula is C15H20N2S. The molecule has 0 radical (unpaired) electrons. The Bertz CT molecular complexity index is 504. The Hall–Kier alpha value is -1.19. The van der Waals surface area contributed by atoms with E-state index in [9.17, 15) is 0 Å². The Kier molecular flexibility index (Phi) is 4.90. The van der Waals surface area contributed by atoms with E-state index in [0.29, 0.717) is 6.04 Å². The van der Waals surface area contributed by atoms with Crippen LogP contribution in [0.3, 0.4) is 0 Å². The third-order valence-corrected chi connectivity index (χ3v) is 3.88. The molecule has 0 aliphatic rings. The summed E-state index contributed by atoms with van der Waals surface area (Å²) in [4.78, 5) is 4.52. The van der Waals surface area contributed by atoms with Gasteiger partial charge in [0.15, 0.2) is 0 Å². The minimum absolute atomic E-state index is 0.391. The molecule has 0 aliphatic carbocycles. The molecule has 0 spiro atoms. The number of thiophene rings is 1. The molecule has 0 aromatic carbocycles. The third kappa shape index (κ3) is 3.18. The van der Waals surface area contributed by atoms with Crippen molar-refractivity contribution in [2.75, 3.05) is 6.54 Å². The molecule has 2 rings (SSSR count). The van der Waals surface area contributed by atoms with Crippen molar-refractivity contribution < 1.29 is 0 Å². The van der Waals surface area contributed by atoms with Crippen LogP contribution >= 0.6 is 11.3 Å². The van der Waals surface area contributed by atoms with Crippen LogP contribution in [0.2, 0.25) is 0 Å². The predicted molar refractivity (Wildman–Crippen MR) is 80.1 cm³/mol. The fraction of sp³-hybridized carbons (Fsp3) is 0.400. The molecule has 0 amide bonds. The predicted octanol–water partition coefficient (Wildman–Crippen LogP) is 4.30. The first-order chi connectivity index (χ1) is 8.85. The zero-order valence-electron chi connectivity index (χ0n) is 10.9. The summed E-state index contributed by atoms with van der Waals surface area (Å²) in [7, 11) is 0. The lowest BCUT2D eigenvalue weighted by Gasteiger charge is -2.18. The molecule has 2 aromatic heterocycles. The highest BCUT2D eigenvalue weighted by Crippen LogP contribution is 2.25. The Morgan fingerprint density at radius 2 is 2.44 bits per heavy atom. The van der Waals surface area contributed by atoms with Crippen LogP contribution in [0.4, 0.5) is 0 Å². The van der Waals surface area contributed by atoms with E-state index in [-0.39, 0.29) is 0 Å². The van der Waals surface area contributed by atoms with E-state index in [1.54, 1.807) is 11.3 Å². The molecule has 0 fully saturated rings. The van der Waals surface area contributed by atoms with E-state index in [0.717, 1.165) is 31.3 Å². The van der Waals surface area contributed by atoms with Crippen LogP contribution in [0.15, 0.2) is 36.4 Å². The molecule has 0 saturated carbocycles. The van der Waals surface area contributed by atoms with Crippen LogP contribution in [0.1, 0.15) is 37.8 Å². The van der Waals surface area contributed by atoms with Crippen molar-refractivity contribution >= 4 is 21.6 Å². The average molecular weight is 260 g/mol. The van der Waals surface area contributed by atoms with Gasteiger partial charge in [-0.2, -0.15) is 0 Å². The van der Waals surface area contributed by atoms with Crippen LogP contribution in [0, 0.1) is 0 Å². The van der Waals surface area contributed by atoms with Gasteiger partial charge in [-0.15, -0.1) is 17.9 Å². The molecule has 1 atom stereocenters. The molecule has 0 aliphatic heterocycles. The van der Waals surface area contributed by atoms with Gasteiger partial charge in [0.2, 0.25) is 0 Å². The standard InChI is InChI=1S/C15H20N2S/c1-3-5-6-13(16-8-4-2)12-10-15-14(17-11-12)7-9-18-15/h3,7,9-11,13,16H,1,4-6,8H2,2H3.